The van der Waals surface area contributed by atoms with Crippen molar-refractivity contribution >= 4 is 11.8 Å². The quantitative estimate of drug-likeness (QED) is 0.506. The molecule has 0 aliphatic carbocycles. The first-order valence-electron chi connectivity index (χ1n) is 6.01. The van der Waals surface area contributed by atoms with Gasteiger partial charge in [0, 0.05) is 26.7 Å². The summed E-state index contributed by atoms with van der Waals surface area (Å²) in [5.74, 6) is -0.0614. The van der Waals surface area contributed by atoms with E-state index >= 15 is 0 Å². The molecule has 1 fully saturated rings. The van der Waals surface area contributed by atoms with E-state index < -0.39 is 0 Å². The van der Waals surface area contributed by atoms with Gasteiger partial charge >= 0.3 is 0 Å². The highest BCUT2D eigenvalue weighted by molar-refractivity contribution is 5.86. The van der Waals surface area contributed by atoms with E-state index in [9.17, 15) is 9.59 Å². The van der Waals surface area contributed by atoms with E-state index in [1.807, 2.05) is 0 Å². The van der Waals surface area contributed by atoms with Crippen LogP contribution in [0.25, 0.3) is 0 Å². The van der Waals surface area contributed by atoms with Crippen LogP contribution in [-0.4, -0.2) is 61.2 Å². The van der Waals surface area contributed by atoms with Gasteiger partial charge in [-0.25, -0.2) is 0 Å². The minimum absolute atomic E-state index is 0.00833. The summed E-state index contributed by atoms with van der Waals surface area (Å²) in [6, 6.07) is -0.310. The lowest BCUT2D eigenvalue weighted by Crippen LogP contribution is -2.58. The molecule has 0 aromatic rings. The molecule has 1 aliphatic heterocycles. The maximum atomic E-state index is 11.9. The van der Waals surface area contributed by atoms with E-state index in [1.54, 1.807) is 11.9 Å². The Bertz CT molecular complexity index is 261. The van der Waals surface area contributed by atoms with Crippen molar-refractivity contribution < 1.29 is 14.7 Å². The lowest BCUT2D eigenvalue weighted by Gasteiger charge is -2.27. The smallest absolute Gasteiger partial charge is 0.241 e. The Morgan fingerprint density at radius 2 is 2.24 bits per heavy atom. The van der Waals surface area contributed by atoms with Gasteiger partial charge in [-0.15, -0.1) is 0 Å². The van der Waals surface area contributed by atoms with Gasteiger partial charge in [-0.3, -0.25) is 14.9 Å². The van der Waals surface area contributed by atoms with Crippen LogP contribution in [-0.2, 0) is 9.59 Å². The molecule has 0 saturated carbocycles. The van der Waals surface area contributed by atoms with Gasteiger partial charge in [0.15, 0.2) is 0 Å². The molecule has 1 unspecified atom stereocenters. The van der Waals surface area contributed by atoms with Gasteiger partial charge in [0.25, 0.3) is 0 Å². The number of aliphatic hydroxyl groups excluding tert-OH is 1. The Labute approximate surface area is 101 Å². The zero-order chi connectivity index (χ0) is 12.7. The van der Waals surface area contributed by atoms with Crippen LogP contribution < -0.4 is 10.6 Å². The normalized spacial score (nSPS) is 19.9. The number of hydrogen-bond donors (Lipinski definition) is 3. The third-order valence-corrected chi connectivity index (χ3v) is 2.84. The third-order valence-electron chi connectivity index (χ3n) is 2.84. The molecule has 2 amide bonds. The molecule has 17 heavy (non-hydrogen) atoms. The van der Waals surface area contributed by atoms with Crippen molar-refractivity contribution in [3.8, 4) is 0 Å². The molecule has 6 nitrogen and oxygen atoms in total. The predicted octanol–water partition coefficient (Wildman–Crippen LogP) is -1.30. The Morgan fingerprint density at radius 3 is 2.82 bits per heavy atom. The highest BCUT2D eigenvalue weighted by Gasteiger charge is 2.25. The number of nitrogens with one attached hydrogen (secondary N) is 2. The second kappa shape index (κ2) is 7.24. The van der Waals surface area contributed by atoms with Gasteiger partial charge in [-0.2, -0.15) is 0 Å². The Hall–Kier alpha value is -1.14. The number of carbonyl (C=O) groups excluding carboxylic acids is 2. The van der Waals surface area contributed by atoms with Gasteiger partial charge in [0.05, 0.1) is 6.54 Å². The van der Waals surface area contributed by atoms with Crippen LogP contribution in [0.4, 0.5) is 0 Å². The average Bonchev–Trinajstić information content (AvgIpc) is 2.34. The lowest BCUT2D eigenvalue weighted by molar-refractivity contribution is -0.133. The van der Waals surface area contributed by atoms with E-state index in [-0.39, 0.29) is 31.0 Å². The van der Waals surface area contributed by atoms with E-state index in [0.29, 0.717) is 13.1 Å². The number of amides is 2. The minimum Gasteiger partial charge on any atom is -0.396 e. The number of carbonyl (C=O) groups is 2. The maximum absolute atomic E-state index is 11.9. The summed E-state index contributed by atoms with van der Waals surface area (Å²) in [6.45, 7) is 1.45. The zero-order valence-corrected chi connectivity index (χ0v) is 10.2. The largest absolute Gasteiger partial charge is 0.396 e. The minimum atomic E-state index is -0.310. The summed E-state index contributed by atoms with van der Waals surface area (Å²) in [7, 11) is 1.76. The highest BCUT2D eigenvalue weighted by atomic mass is 16.3. The molecule has 1 aliphatic rings. The van der Waals surface area contributed by atoms with Gasteiger partial charge in [0.2, 0.25) is 11.8 Å². The van der Waals surface area contributed by atoms with Gasteiger partial charge < -0.3 is 15.3 Å². The van der Waals surface area contributed by atoms with Crippen LogP contribution in [0.5, 0.6) is 0 Å². The number of aliphatic hydroxyl groups is 1. The van der Waals surface area contributed by atoms with Crippen LogP contribution in [0, 0.1) is 0 Å². The molecule has 0 spiro atoms. The molecular formula is C11H21N3O3. The Kier molecular flexibility index (Phi) is 5.93. The highest BCUT2D eigenvalue weighted by Crippen LogP contribution is 2.00. The van der Waals surface area contributed by atoms with Crippen LogP contribution >= 0.6 is 0 Å². The van der Waals surface area contributed by atoms with E-state index in [1.165, 1.54) is 0 Å². The molecule has 6 heteroatoms. The fourth-order valence-electron chi connectivity index (χ4n) is 1.75. The van der Waals surface area contributed by atoms with Crippen molar-refractivity contribution in [2.24, 2.45) is 0 Å². The predicted molar refractivity (Wildman–Crippen MR) is 63.4 cm³/mol. The van der Waals surface area contributed by atoms with Crippen molar-refractivity contribution in [1.29, 1.82) is 0 Å². The Morgan fingerprint density at radius 1 is 1.47 bits per heavy atom. The van der Waals surface area contributed by atoms with Crippen molar-refractivity contribution in [1.82, 2.24) is 15.5 Å². The SMILES string of the molecule is CN(CCCCCO)C(=O)C1CNC(=O)CN1. The number of nitrogens with zero attached hydrogens (tertiary/aromatic N) is 1. The molecule has 0 radical (unpaired) electrons. The Balaban J connectivity index is 2.23. The van der Waals surface area contributed by atoms with Crippen LogP contribution in [0.2, 0.25) is 0 Å². The first kappa shape index (κ1) is 13.9. The second-order valence-electron chi connectivity index (χ2n) is 4.28. The van der Waals surface area contributed by atoms with Gasteiger partial charge in [0.1, 0.15) is 6.04 Å². The summed E-state index contributed by atoms with van der Waals surface area (Å²) in [5.41, 5.74) is 0. The lowest BCUT2D eigenvalue weighted by atomic mass is 10.2. The van der Waals surface area contributed by atoms with Crippen molar-refractivity contribution in [2.45, 2.75) is 25.3 Å². The van der Waals surface area contributed by atoms with E-state index in [2.05, 4.69) is 10.6 Å². The average molecular weight is 243 g/mol. The molecule has 98 valence electrons. The summed E-state index contributed by atoms with van der Waals surface area (Å²) >= 11 is 0. The number of rotatable bonds is 6. The molecular weight excluding hydrogens is 222 g/mol. The van der Waals surface area contributed by atoms with Crippen LogP contribution in [0.1, 0.15) is 19.3 Å². The zero-order valence-electron chi connectivity index (χ0n) is 10.2. The molecule has 0 bridgehead atoms. The first-order valence-corrected chi connectivity index (χ1v) is 6.01. The fraction of sp³-hybridized carbons (Fsp3) is 0.818. The number of unbranched alkanes of at least 4 members (excludes halogenated alkanes) is 2. The number of likely N-dealkylation sites (N-methyl/N-ethyl adjacent to an activating group) is 1. The van der Waals surface area contributed by atoms with E-state index in [0.717, 1.165) is 19.3 Å². The van der Waals surface area contributed by atoms with Gasteiger partial charge in [-0.05, 0) is 19.3 Å². The number of piperazine rings is 1. The topological polar surface area (TPSA) is 81.7 Å². The monoisotopic (exact) mass is 243 g/mol. The fourth-order valence-corrected chi connectivity index (χ4v) is 1.75. The standard InChI is InChI=1S/C11H21N3O3/c1-14(5-3-2-4-6-15)11(17)9-7-13-10(16)8-12-9/h9,12,15H,2-8H2,1H3,(H,13,16). The van der Waals surface area contributed by atoms with Crippen molar-refractivity contribution in [3.63, 3.8) is 0 Å². The molecule has 1 rings (SSSR count). The molecule has 3 N–H and O–H groups in total. The van der Waals surface area contributed by atoms with Crippen molar-refractivity contribution in [2.75, 3.05) is 33.3 Å². The summed E-state index contributed by atoms with van der Waals surface area (Å²) in [5, 5.41) is 14.2. The number of hydrogen-bond acceptors (Lipinski definition) is 4. The first-order chi connectivity index (χ1) is 8.15. The van der Waals surface area contributed by atoms with Gasteiger partial charge in [-0.1, -0.05) is 0 Å². The molecule has 1 heterocycles. The maximum Gasteiger partial charge on any atom is 0.241 e. The van der Waals surface area contributed by atoms with E-state index in [4.69, 9.17) is 5.11 Å². The summed E-state index contributed by atoms with van der Waals surface area (Å²) in [6.07, 6.45) is 2.59. The van der Waals surface area contributed by atoms with Crippen LogP contribution in [0.3, 0.4) is 0 Å². The van der Waals surface area contributed by atoms with Crippen LogP contribution in [0.15, 0.2) is 0 Å². The molecule has 0 aromatic heterocycles. The summed E-state index contributed by atoms with van der Waals surface area (Å²) in [4.78, 5) is 24.5. The summed E-state index contributed by atoms with van der Waals surface area (Å²) < 4.78 is 0. The third kappa shape index (κ3) is 4.70. The van der Waals surface area contributed by atoms with Crippen molar-refractivity contribution in [3.05, 3.63) is 0 Å². The molecule has 1 saturated heterocycles. The second-order valence-corrected chi connectivity index (χ2v) is 4.28. The molecule has 1 atom stereocenters. The molecule has 0 aromatic carbocycles.